The van der Waals surface area contributed by atoms with E-state index in [1.807, 2.05) is 0 Å². The molecule has 5 nitrogen and oxygen atoms in total. The quantitative estimate of drug-likeness (QED) is 0.542. The monoisotopic (exact) mass is 338 g/mol. The zero-order valence-corrected chi connectivity index (χ0v) is 12.5. The van der Waals surface area contributed by atoms with Crippen LogP contribution in [0.3, 0.4) is 0 Å². The molecule has 112 valence electrons. The fraction of sp³-hybridized carbons (Fsp3) is 0. The summed E-state index contributed by atoms with van der Waals surface area (Å²) in [5.74, 6) is -0.452. The van der Waals surface area contributed by atoms with Gasteiger partial charge in [0.25, 0.3) is 0 Å². The summed E-state index contributed by atoms with van der Waals surface area (Å²) in [7, 11) is -2.17. The molecular formula is C14H9BCl2O5. The van der Waals surface area contributed by atoms with Crippen LogP contribution in [0, 0.1) is 0 Å². The van der Waals surface area contributed by atoms with Crippen molar-refractivity contribution in [1.82, 2.24) is 0 Å². The third-order valence-corrected chi connectivity index (χ3v) is 3.79. The van der Waals surface area contributed by atoms with Gasteiger partial charge < -0.3 is 15.1 Å². The van der Waals surface area contributed by atoms with E-state index in [0.717, 1.165) is 0 Å². The van der Waals surface area contributed by atoms with Crippen molar-refractivity contribution in [3.8, 4) is 0 Å². The van der Waals surface area contributed by atoms with Gasteiger partial charge in [0.1, 0.15) is 0 Å². The van der Waals surface area contributed by atoms with Gasteiger partial charge in [0, 0.05) is 16.7 Å². The molecule has 0 heterocycles. The van der Waals surface area contributed by atoms with E-state index in [1.54, 1.807) is 30.3 Å². The van der Waals surface area contributed by atoms with E-state index < -0.39 is 7.32 Å². The van der Waals surface area contributed by atoms with Crippen LogP contribution in [0.2, 0.25) is 10.0 Å². The van der Waals surface area contributed by atoms with Crippen LogP contribution in [-0.2, 0) is 0 Å². The molecule has 0 atom stereocenters. The minimum Gasteiger partial charge on any atom is -0.402 e. The molecule has 0 unspecified atom stereocenters. The Kier molecular flexibility index (Phi) is 5.00. The molecule has 0 saturated carbocycles. The van der Waals surface area contributed by atoms with Gasteiger partial charge in [-0.1, -0.05) is 47.5 Å². The topological polar surface area (TPSA) is 94.8 Å². The van der Waals surface area contributed by atoms with Crippen molar-refractivity contribution in [2.45, 2.75) is 0 Å². The van der Waals surface area contributed by atoms with Crippen molar-refractivity contribution >= 4 is 42.1 Å². The number of fused-ring (bicyclic) bond motifs is 2. The number of carbonyl (C=O) groups is 2. The highest BCUT2D eigenvalue weighted by molar-refractivity contribution is 6.46. The highest BCUT2D eigenvalue weighted by Gasteiger charge is 2.31. The molecule has 0 aliphatic heterocycles. The van der Waals surface area contributed by atoms with Crippen LogP contribution in [0.4, 0.5) is 0 Å². The zero-order valence-electron chi connectivity index (χ0n) is 11.0. The Morgan fingerprint density at radius 2 is 1.27 bits per heavy atom. The molecule has 0 bridgehead atoms. The third kappa shape index (κ3) is 3.06. The lowest BCUT2D eigenvalue weighted by atomic mass is 9.84. The first kappa shape index (κ1) is 16.7. The highest BCUT2D eigenvalue weighted by Crippen LogP contribution is 2.35. The zero-order chi connectivity index (χ0) is 16.4. The van der Waals surface area contributed by atoms with E-state index >= 15 is 0 Å². The SMILES string of the molecule is O=C1c2ccccc2C(=O)c2c1ccc(Cl)c2Cl.OB(O)O. The van der Waals surface area contributed by atoms with Crippen LogP contribution in [0.15, 0.2) is 36.4 Å². The van der Waals surface area contributed by atoms with Crippen LogP contribution in [0.5, 0.6) is 0 Å². The predicted molar refractivity (Wildman–Crippen MR) is 82.2 cm³/mol. The Morgan fingerprint density at radius 1 is 0.773 bits per heavy atom. The van der Waals surface area contributed by atoms with E-state index in [1.165, 1.54) is 6.07 Å². The number of halogens is 2. The molecule has 0 aromatic heterocycles. The molecule has 22 heavy (non-hydrogen) atoms. The summed E-state index contributed by atoms with van der Waals surface area (Å²) < 4.78 is 0. The third-order valence-electron chi connectivity index (χ3n) is 2.98. The number of hydrogen-bond donors (Lipinski definition) is 3. The smallest absolute Gasteiger partial charge is 0.402 e. The summed E-state index contributed by atoms with van der Waals surface area (Å²) in [5, 5.41) is 21.9. The van der Waals surface area contributed by atoms with Gasteiger partial charge in [0.2, 0.25) is 0 Å². The highest BCUT2D eigenvalue weighted by atomic mass is 35.5. The molecular weight excluding hydrogens is 330 g/mol. The Morgan fingerprint density at radius 3 is 1.82 bits per heavy atom. The molecule has 3 N–H and O–H groups in total. The van der Waals surface area contributed by atoms with Crippen LogP contribution >= 0.6 is 23.2 Å². The van der Waals surface area contributed by atoms with Crippen molar-refractivity contribution in [1.29, 1.82) is 0 Å². The maximum absolute atomic E-state index is 12.3. The summed E-state index contributed by atoms with van der Waals surface area (Å²) in [6.07, 6.45) is 0. The number of ketones is 2. The maximum atomic E-state index is 12.3. The lowest BCUT2D eigenvalue weighted by molar-refractivity contribution is 0.0979. The molecule has 0 amide bonds. The van der Waals surface area contributed by atoms with Crippen LogP contribution < -0.4 is 0 Å². The molecule has 0 spiro atoms. The van der Waals surface area contributed by atoms with Crippen molar-refractivity contribution < 1.29 is 24.7 Å². The van der Waals surface area contributed by atoms with Gasteiger partial charge in [-0.15, -0.1) is 0 Å². The van der Waals surface area contributed by atoms with Crippen molar-refractivity contribution in [2.24, 2.45) is 0 Å². The molecule has 2 aromatic rings. The minimum absolute atomic E-state index is 0.141. The molecule has 1 aliphatic rings. The molecule has 1 aliphatic carbocycles. The van der Waals surface area contributed by atoms with E-state index in [0.29, 0.717) is 16.7 Å². The number of hydrogen-bond acceptors (Lipinski definition) is 5. The van der Waals surface area contributed by atoms with Crippen molar-refractivity contribution in [2.75, 3.05) is 0 Å². The van der Waals surface area contributed by atoms with Gasteiger partial charge in [-0.05, 0) is 12.1 Å². The lowest BCUT2D eigenvalue weighted by Crippen LogP contribution is -2.21. The maximum Gasteiger partial charge on any atom is 0.631 e. The van der Waals surface area contributed by atoms with Crippen molar-refractivity contribution in [3.05, 3.63) is 68.7 Å². The Hall–Kier alpha value is -1.70. The second-order valence-corrected chi connectivity index (χ2v) is 5.12. The van der Waals surface area contributed by atoms with Gasteiger partial charge in [0.15, 0.2) is 11.6 Å². The van der Waals surface area contributed by atoms with Gasteiger partial charge in [0.05, 0.1) is 15.6 Å². The molecule has 3 rings (SSSR count). The second kappa shape index (κ2) is 6.60. The fourth-order valence-corrected chi connectivity index (χ4v) is 2.53. The van der Waals surface area contributed by atoms with Gasteiger partial charge in [-0.2, -0.15) is 0 Å². The average molecular weight is 339 g/mol. The summed E-state index contributed by atoms with van der Waals surface area (Å²) in [6, 6.07) is 9.78. The second-order valence-electron chi connectivity index (χ2n) is 4.33. The number of rotatable bonds is 0. The van der Waals surface area contributed by atoms with Crippen molar-refractivity contribution in [3.63, 3.8) is 0 Å². The summed E-state index contributed by atoms with van der Waals surface area (Å²) in [6.45, 7) is 0. The fourth-order valence-electron chi connectivity index (χ4n) is 2.12. The summed E-state index contributed by atoms with van der Waals surface area (Å²) in [5.41, 5.74) is 1.30. The summed E-state index contributed by atoms with van der Waals surface area (Å²) in [4.78, 5) is 24.6. The Bertz CT molecular complexity index is 758. The normalized spacial score (nSPS) is 12.0. The largest absolute Gasteiger partial charge is 0.631 e. The first-order valence-electron chi connectivity index (χ1n) is 6.05. The van der Waals surface area contributed by atoms with Crippen LogP contribution in [0.25, 0.3) is 0 Å². The van der Waals surface area contributed by atoms with Gasteiger partial charge in [-0.3, -0.25) is 9.59 Å². The standard InChI is InChI=1S/C14H6Cl2O2.BH3O3/c15-10-6-5-9-11(12(10)16)14(18)8-4-2-1-3-7(8)13(9)17;2-1(3)4/h1-6H;2-4H. The van der Waals surface area contributed by atoms with Gasteiger partial charge >= 0.3 is 7.32 Å². The van der Waals surface area contributed by atoms with E-state index in [9.17, 15) is 9.59 Å². The molecule has 0 fully saturated rings. The van der Waals surface area contributed by atoms with E-state index in [2.05, 4.69) is 0 Å². The first-order chi connectivity index (χ1) is 10.3. The minimum atomic E-state index is -2.17. The first-order valence-corrected chi connectivity index (χ1v) is 6.80. The molecule has 0 radical (unpaired) electrons. The van der Waals surface area contributed by atoms with E-state index in [-0.39, 0.29) is 27.2 Å². The molecule has 8 heteroatoms. The molecule has 2 aromatic carbocycles. The Labute approximate surface area is 135 Å². The van der Waals surface area contributed by atoms with Gasteiger partial charge in [-0.25, -0.2) is 0 Å². The molecule has 0 saturated heterocycles. The average Bonchev–Trinajstić information content (AvgIpc) is 2.47. The summed E-state index contributed by atoms with van der Waals surface area (Å²) >= 11 is 11.9. The van der Waals surface area contributed by atoms with Crippen LogP contribution in [0.1, 0.15) is 31.8 Å². The Balaban J connectivity index is 0.000000396. The lowest BCUT2D eigenvalue weighted by Gasteiger charge is -2.18. The number of carbonyl (C=O) groups excluding carboxylic acids is 2. The number of benzene rings is 2. The van der Waals surface area contributed by atoms with E-state index in [4.69, 9.17) is 38.3 Å². The predicted octanol–water partition coefficient (Wildman–Crippen LogP) is 1.72. The van der Waals surface area contributed by atoms with Crippen LogP contribution in [-0.4, -0.2) is 34.0 Å².